The maximum atomic E-state index is 12.7. The zero-order valence-electron chi connectivity index (χ0n) is 14.4. The Balaban J connectivity index is 1.98. The van der Waals surface area contributed by atoms with Crippen LogP contribution in [0.4, 0.5) is 5.69 Å². The molecular formula is C20H17ClN2O3. The molecule has 0 atom stereocenters. The van der Waals surface area contributed by atoms with Gasteiger partial charge in [0.15, 0.2) is 0 Å². The van der Waals surface area contributed by atoms with Crippen LogP contribution in [-0.4, -0.2) is 36.7 Å². The first-order valence-corrected chi connectivity index (χ1v) is 8.40. The maximum absolute atomic E-state index is 12.7. The normalized spacial score (nSPS) is 15.7. The number of nitrogens with zero attached hydrogens (tertiary/aromatic N) is 2. The molecule has 0 aliphatic carbocycles. The topological polar surface area (TPSA) is 57.7 Å². The van der Waals surface area contributed by atoms with Crippen LogP contribution in [0.1, 0.15) is 22.3 Å². The Bertz CT molecular complexity index is 934. The Labute approximate surface area is 156 Å². The molecule has 0 unspecified atom stereocenters. The smallest absolute Gasteiger partial charge is 0.261 e. The number of halogens is 1. The highest BCUT2D eigenvalue weighted by molar-refractivity contribution is 6.32. The Kier molecular flexibility index (Phi) is 4.91. The summed E-state index contributed by atoms with van der Waals surface area (Å²) in [5, 5.41) is 0.447. The third kappa shape index (κ3) is 3.39. The Hall–Kier alpha value is -2.92. The van der Waals surface area contributed by atoms with Crippen molar-refractivity contribution in [1.29, 1.82) is 0 Å². The first-order valence-electron chi connectivity index (χ1n) is 8.02. The van der Waals surface area contributed by atoms with E-state index < -0.39 is 5.91 Å². The molecule has 0 spiro atoms. The van der Waals surface area contributed by atoms with Crippen LogP contribution in [0.25, 0.3) is 6.08 Å². The van der Waals surface area contributed by atoms with Gasteiger partial charge in [0.05, 0.1) is 12.1 Å². The van der Waals surface area contributed by atoms with E-state index in [0.717, 1.165) is 4.90 Å². The molecule has 2 aromatic carbocycles. The molecule has 0 aromatic heterocycles. The molecule has 132 valence electrons. The van der Waals surface area contributed by atoms with Gasteiger partial charge in [-0.25, -0.2) is 4.90 Å². The van der Waals surface area contributed by atoms with Crippen molar-refractivity contribution in [3.63, 3.8) is 0 Å². The largest absolute Gasteiger partial charge is 0.345 e. The quantitative estimate of drug-likeness (QED) is 0.616. The predicted octanol–water partition coefficient (Wildman–Crippen LogP) is 3.39. The fourth-order valence-corrected chi connectivity index (χ4v) is 2.99. The van der Waals surface area contributed by atoms with E-state index in [1.54, 1.807) is 68.7 Å². The van der Waals surface area contributed by atoms with Crippen LogP contribution >= 0.6 is 11.6 Å². The molecule has 2 aromatic rings. The summed E-state index contributed by atoms with van der Waals surface area (Å²) in [6.07, 6.45) is 1.59. The monoisotopic (exact) mass is 368 g/mol. The average molecular weight is 369 g/mol. The second kappa shape index (κ2) is 7.14. The molecule has 1 aliphatic heterocycles. The van der Waals surface area contributed by atoms with Crippen LogP contribution in [0.3, 0.4) is 0 Å². The molecule has 0 N–H and O–H groups in total. The highest BCUT2D eigenvalue weighted by Crippen LogP contribution is 2.29. The zero-order chi connectivity index (χ0) is 18.8. The lowest BCUT2D eigenvalue weighted by atomic mass is 10.0. The van der Waals surface area contributed by atoms with E-state index in [0.29, 0.717) is 27.4 Å². The minimum Gasteiger partial charge on any atom is -0.345 e. The van der Waals surface area contributed by atoms with E-state index in [-0.39, 0.29) is 18.2 Å². The molecule has 1 heterocycles. The van der Waals surface area contributed by atoms with Gasteiger partial charge in [-0.15, -0.1) is 0 Å². The summed E-state index contributed by atoms with van der Waals surface area (Å²) in [6, 6.07) is 13.6. The standard InChI is InChI=1S/C20H17ClN2O3/c1-22(2)20(26)17-9-4-3-6-13(17)10-14-11-18(24)23(19(14)25)16-8-5-7-15(21)12-16/h3-10,12H,11H2,1-2H3. The predicted molar refractivity (Wildman–Crippen MR) is 101 cm³/mol. The first-order chi connectivity index (χ1) is 12.4. The maximum Gasteiger partial charge on any atom is 0.261 e. The number of hydrogen-bond acceptors (Lipinski definition) is 3. The molecule has 0 bridgehead atoms. The molecule has 0 saturated carbocycles. The van der Waals surface area contributed by atoms with Crippen molar-refractivity contribution >= 4 is 41.1 Å². The number of carbonyl (C=O) groups is 3. The fourth-order valence-electron chi connectivity index (χ4n) is 2.81. The number of rotatable bonds is 3. The summed E-state index contributed by atoms with van der Waals surface area (Å²) in [7, 11) is 3.33. The first kappa shape index (κ1) is 17.9. The van der Waals surface area contributed by atoms with E-state index in [2.05, 4.69) is 0 Å². The van der Waals surface area contributed by atoms with Gasteiger partial charge in [0.25, 0.3) is 11.8 Å². The van der Waals surface area contributed by atoms with E-state index >= 15 is 0 Å². The van der Waals surface area contributed by atoms with Crippen molar-refractivity contribution in [2.24, 2.45) is 0 Å². The van der Waals surface area contributed by atoms with Gasteiger partial charge in [-0.3, -0.25) is 14.4 Å². The third-order valence-electron chi connectivity index (χ3n) is 4.06. The molecule has 1 aliphatic rings. The van der Waals surface area contributed by atoms with Crippen LogP contribution in [0.5, 0.6) is 0 Å². The number of carbonyl (C=O) groups excluding carboxylic acids is 3. The lowest BCUT2D eigenvalue weighted by Crippen LogP contribution is -2.28. The van der Waals surface area contributed by atoms with E-state index in [1.165, 1.54) is 4.90 Å². The van der Waals surface area contributed by atoms with Gasteiger partial charge in [-0.05, 0) is 35.9 Å². The van der Waals surface area contributed by atoms with Gasteiger partial charge in [0.2, 0.25) is 5.91 Å². The summed E-state index contributed by atoms with van der Waals surface area (Å²) in [6.45, 7) is 0. The summed E-state index contributed by atoms with van der Waals surface area (Å²) >= 11 is 5.96. The van der Waals surface area contributed by atoms with Gasteiger partial charge in [0.1, 0.15) is 0 Å². The van der Waals surface area contributed by atoms with Crippen LogP contribution in [-0.2, 0) is 9.59 Å². The molecule has 5 nitrogen and oxygen atoms in total. The van der Waals surface area contributed by atoms with Gasteiger partial charge >= 0.3 is 0 Å². The Morgan fingerprint density at radius 3 is 2.54 bits per heavy atom. The van der Waals surface area contributed by atoms with Crippen molar-refractivity contribution in [3.8, 4) is 0 Å². The highest BCUT2D eigenvalue weighted by atomic mass is 35.5. The summed E-state index contributed by atoms with van der Waals surface area (Å²) in [5.41, 5.74) is 1.87. The van der Waals surface area contributed by atoms with Crippen LogP contribution < -0.4 is 4.90 Å². The minimum absolute atomic E-state index is 0.0180. The molecule has 6 heteroatoms. The Morgan fingerprint density at radius 1 is 1.12 bits per heavy atom. The molecule has 1 saturated heterocycles. The van der Waals surface area contributed by atoms with Gasteiger partial charge in [-0.1, -0.05) is 35.9 Å². The SMILES string of the molecule is CN(C)C(=O)c1ccccc1C=C1CC(=O)N(c2cccc(Cl)c2)C1=O. The Morgan fingerprint density at radius 2 is 1.85 bits per heavy atom. The third-order valence-corrected chi connectivity index (χ3v) is 4.30. The number of hydrogen-bond donors (Lipinski definition) is 0. The van der Waals surface area contributed by atoms with Gasteiger partial charge in [0, 0.05) is 30.3 Å². The summed E-state index contributed by atoms with van der Waals surface area (Å²) < 4.78 is 0. The molecule has 3 amide bonds. The summed E-state index contributed by atoms with van der Waals surface area (Å²) in [5.74, 6) is -0.884. The van der Waals surface area contributed by atoms with Crippen LogP contribution in [0, 0.1) is 0 Å². The van der Waals surface area contributed by atoms with Crippen molar-refractivity contribution in [2.45, 2.75) is 6.42 Å². The van der Waals surface area contributed by atoms with Crippen molar-refractivity contribution < 1.29 is 14.4 Å². The molecule has 3 rings (SSSR count). The minimum atomic E-state index is -0.399. The van der Waals surface area contributed by atoms with E-state index in [9.17, 15) is 14.4 Å². The van der Waals surface area contributed by atoms with E-state index in [4.69, 9.17) is 11.6 Å². The number of anilines is 1. The molecule has 0 radical (unpaired) electrons. The number of benzene rings is 2. The number of amides is 3. The highest BCUT2D eigenvalue weighted by Gasteiger charge is 2.35. The second-order valence-corrected chi connectivity index (χ2v) is 6.58. The lowest BCUT2D eigenvalue weighted by Gasteiger charge is -2.14. The summed E-state index contributed by atoms with van der Waals surface area (Å²) in [4.78, 5) is 40.0. The average Bonchev–Trinajstić information content (AvgIpc) is 2.88. The lowest BCUT2D eigenvalue weighted by molar-refractivity contribution is -0.120. The molecule has 26 heavy (non-hydrogen) atoms. The van der Waals surface area contributed by atoms with Gasteiger partial charge in [-0.2, -0.15) is 0 Å². The van der Waals surface area contributed by atoms with E-state index in [1.807, 2.05) is 0 Å². The van der Waals surface area contributed by atoms with Crippen molar-refractivity contribution in [2.75, 3.05) is 19.0 Å². The number of imide groups is 1. The fraction of sp³-hybridized carbons (Fsp3) is 0.150. The molecular weight excluding hydrogens is 352 g/mol. The second-order valence-electron chi connectivity index (χ2n) is 6.15. The van der Waals surface area contributed by atoms with Gasteiger partial charge < -0.3 is 4.90 Å². The van der Waals surface area contributed by atoms with Crippen molar-refractivity contribution in [3.05, 3.63) is 70.3 Å². The zero-order valence-corrected chi connectivity index (χ0v) is 15.2. The van der Waals surface area contributed by atoms with Crippen LogP contribution in [0.15, 0.2) is 54.1 Å². The van der Waals surface area contributed by atoms with Crippen molar-refractivity contribution in [1.82, 2.24) is 4.90 Å². The van der Waals surface area contributed by atoms with Crippen LogP contribution in [0.2, 0.25) is 5.02 Å². The molecule has 1 fully saturated rings.